The summed E-state index contributed by atoms with van der Waals surface area (Å²) < 4.78 is 0. The van der Waals surface area contributed by atoms with Gasteiger partial charge in [0.05, 0.1) is 0 Å². The Balaban J connectivity index is 2.85. The summed E-state index contributed by atoms with van der Waals surface area (Å²) >= 11 is 0. The van der Waals surface area contributed by atoms with Crippen molar-refractivity contribution in [2.45, 2.75) is 12.8 Å². The Kier molecular flexibility index (Phi) is 1.89. The second-order valence-corrected chi connectivity index (χ2v) is 2.40. The summed E-state index contributed by atoms with van der Waals surface area (Å²) in [6, 6.07) is 0. The fraction of sp³-hybridized carbons (Fsp3) is 0.500. The molecule has 60 valence electrons. The number of carboxylic acids is 1. The van der Waals surface area contributed by atoms with E-state index in [0.717, 1.165) is 12.8 Å². The lowest BCUT2D eigenvalue weighted by Gasteiger charge is -1.95. The highest BCUT2D eigenvalue weighted by atomic mass is 16.4. The van der Waals surface area contributed by atoms with Gasteiger partial charge in [-0.05, 0) is 18.0 Å². The highest BCUT2D eigenvalue weighted by Crippen LogP contribution is 2.36. The molecule has 1 aliphatic carbocycles. The molecule has 0 saturated heterocycles. The number of carbonyl (C=O) groups is 1. The maximum absolute atomic E-state index is 10.2. The van der Waals surface area contributed by atoms with E-state index in [2.05, 4.69) is 5.18 Å². The van der Waals surface area contributed by atoms with Crippen LogP contribution >= 0.6 is 0 Å². The molecule has 1 rings (SSSR count). The summed E-state index contributed by atoms with van der Waals surface area (Å²) in [5, 5.41) is 19.6. The Morgan fingerprint density at radius 1 is 1.36 bits per heavy atom. The van der Waals surface area contributed by atoms with E-state index in [4.69, 9.17) is 10.2 Å². The largest absolute Gasteiger partial charge is 0.509 e. The summed E-state index contributed by atoms with van der Waals surface area (Å²) in [7, 11) is 0. The van der Waals surface area contributed by atoms with Crippen LogP contribution in [0.2, 0.25) is 0 Å². The predicted octanol–water partition coefficient (Wildman–Crippen LogP) is 1.02. The number of carboxylic acid groups (broad SMARTS) is 1. The Morgan fingerprint density at radius 3 is 2.18 bits per heavy atom. The molecule has 0 amide bonds. The van der Waals surface area contributed by atoms with Crippen LogP contribution in [-0.4, -0.2) is 16.2 Å². The summed E-state index contributed by atoms with van der Waals surface area (Å²) in [6.07, 6.45) is 1.47. The molecule has 0 aromatic rings. The molecule has 0 atom stereocenters. The molecule has 0 radical (unpaired) electrons. The first-order valence-corrected chi connectivity index (χ1v) is 3.16. The van der Waals surface area contributed by atoms with E-state index in [-0.39, 0.29) is 11.7 Å². The Bertz CT molecular complexity index is 229. The number of hydrogen-bond acceptors (Lipinski definition) is 4. The molecule has 11 heavy (non-hydrogen) atoms. The van der Waals surface area contributed by atoms with Gasteiger partial charge >= 0.3 is 5.97 Å². The molecule has 0 heterocycles. The van der Waals surface area contributed by atoms with Crippen LogP contribution in [0, 0.1) is 10.8 Å². The number of rotatable bonds is 3. The minimum absolute atomic E-state index is 0.154. The fourth-order valence-electron chi connectivity index (χ4n) is 0.745. The molecule has 5 nitrogen and oxygen atoms in total. The number of hydrogen-bond donors (Lipinski definition) is 2. The maximum atomic E-state index is 10.2. The number of nitroso groups, excluding NO2 is 1. The highest BCUT2D eigenvalue weighted by molar-refractivity contribution is 5.86. The molecular weight excluding hydrogens is 150 g/mol. The van der Waals surface area contributed by atoms with Gasteiger partial charge in [0.25, 0.3) is 0 Å². The SMILES string of the molecule is O=NC(C(=O)O)=C(O)C1CC1. The maximum Gasteiger partial charge on any atom is 0.361 e. The van der Waals surface area contributed by atoms with Crippen molar-refractivity contribution in [3.05, 3.63) is 16.4 Å². The third-order valence-electron chi connectivity index (χ3n) is 1.50. The molecule has 2 N–H and O–H groups in total. The molecule has 1 fully saturated rings. The first kappa shape index (κ1) is 7.71. The van der Waals surface area contributed by atoms with Gasteiger partial charge in [-0.3, -0.25) is 0 Å². The standard InChI is InChI=1S/C6H7NO4/c8-5(3-1-2-3)4(7-11)6(9)10/h3,8H,1-2H2,(H,9,10). The van der Waals surface area contributed by atoms with Gasteiger partial charge in [0, 0.05) is 5.92 Å². The van der Waals surface area contributed by atoms with E-state index in [1.165, 1.54) is 0 Å². The summed E-state index contributed by atoms with van der Waals surface area (Å²) in [6.45, 7) is 0. The average molecular weight is 157 g/mol. The normalized spacial score (nSPS) is 18.9. The molecule has 0 spiro atoms. The molecule has 0 aliphatic heterocycles. The lowest BCUT2D eigenvalue weighted by atomic mass is 10.3. The Labute approximate surface area is 62.3 Å². The monoisotopic (exact) mass is 157 g/mol. The molecule has 0 unspecified atom stereocenters. The molecule has 0 bridgehead atoms. The van der Waals surface area contributed by atoms with Crippen molar-refractivity contribution in [2.75, 3.05) is 0 Å². The van der Waals surface area contributed by atoms with Crippen molar-refractivity contribution in [1.82, 2.24) is 0 Å². The number of aliphatic carboxylic acids is 1. The van der Waals surface area contributed by atoms with Crippen molar-refractivity contribution >= 4 is 5.97 Å². The van der Waals surface area contributed by atoms with Crippen LogP contribution in [0.5, 0.6) is 0 Å². The van der Waals surface area contributed by atoms with Crippen LogP contribution in [0.15, 0.2) is 16.6 Å². The van der Waals surface area contributed by atoms with Crippen LogP contribution in [0.25, 0.3) is 0 Å². The first-order valence-electron chi connectivity index (χ1n) is 3.16. The minimum Gasteiger partial charge on any atom is -0.509 e. The third-order valence-corrected chi connectivity index (χ3v) is 1.50. The summed E-state index contributed by atoms with van der Waals surface area (Å²) in [4.78, 5) is 20.1. The first-order chi connectivity index (χ1) is 5.16. The second-order valence-electron chi connectivity index (χ2n) is 2.40. The summed E-state index contributed by atoms with van der Waals surface area (Å²) in [5.74, 6) is -2.00. The molecular formula is C6H7NO4. The van der Waals surface area contributed by atoms with Gasteiger partial charge in [-0.25, -0.2) is 4.79 Å². The van der Waals surface area contributed by atoms with Crippen molar-refractivity contribution in [1.29, 1.82) is 0 Å². The van der Waals surface area contributed by atoms with Gasteiger partial charge in [0.1, 0.15) is 5.76 Å². The van der Waals surface area contributed by atoms with Crippen molar-refractivity contribution in [3.63, 3.8) is 0 Å². The topological polar surface area (TPSA) is 87.0 Å². The zero-order chi connectivity index (χ0) is 8.43. The third kappa shape index (κ3) is 1.54. The van der Waals surface area contributed by atoms with Crippen LogP contribution < -0.4 is 0 Å². The van der Waals surface area contributed by atoms with E-state index in [1.54, 1.807) is 0 Å². The van der Waals surface area contributed by atoms with Gasteiger partial charge < -0.3 is 10.2 Å². The van der Waals surface area contributed by atoms with Gasteiger partial charge in [0.2, 0.25) is 5.70 Å². The molecule has 5 heteroatoms. The van der Waals surface area contributed by atoms with E-state index >= 15 is 0 Å². The molecule has 0 aromatic heterocycles. The number of aliphatic hydroxyl groups excluding tert-OH is 1. The Hall–Kier alpha value is -1.39. The molecule has 0 aromatic carbocycles. The molecule has 1 aliphatic rings. The van der Waals surface area contributed by atoms with E-state index in [1.807, 2.05) is 0 Å². The lowest BCUT2D eigenvalue weighted by molar-refractivity contribution is -0.132. The van der Waals surface area contributed by atoms with Crippen molar-refractivity contribution in [2.24, 2.45) is 11.1 Å². The Morgan fingerprint density at radius 2 is 1.91 bits per heavy atom. The number of allylic oxidation sites excluding steroid dienone is 1. The smallest absolute Gasteiger partial charge is 0.361 e. The quantitative estimate of drug-likeness (QED) is 0.363. The van der Waals surface area contributed by atoms with E-state index in [0.29, 0.717) is 0 Å². The zero-order valence-electron chi connectivity index (χ0n) is 5.65. The minimum atomic E-state index is -1.47. The van der Waals surface area contributed by atoms with E-state index in [9.17, 15) is 9.70 Å². The van der Waals surface area contributed by atoms with Gasteiger partial charge in [-0.1, -0.05) is 0 Å². The number of nitrogens with zero attached hydrogens (tertiary/aromatic N) is 1. The number of aliphatic hydroxyl groups is 1. The van der Waals surface area contributed by atoms with Crippen molar-refractivity contribution in [3.8, 4) is 0 Å². The van der Waals surface area contributed by atoms with E-state index < -0.39 is 11.7 Å². The van der Waals surface area contributed by atoms with Crippen LogP contribution in [0.3, 0.4) is 0 Å². The van der Waals surface area contributed by atoms with Crippen LogP contribution in [0.1, 0.15) is 12.8 Å². The average Bonchev–Trinajstić information content (AvgIpc) is 2.68. The van der Waals surface area contributed by atoms with Crippen molar-refractivity contribution < 1.29 is 15.0 Å². The predicted molar refractivity (Wildman–Crippen MR) is 35.8 cm³/mol. The van der Waals surface area contributed by atoms with Gasteiger partial charge in [-0.15, -0.1) is 4.91 Å². The van der Waals surface area contributed by atoms with Crippen LogP contribution in [0.4, 0.5) is 0 Å². The van der Waals surface area contributed by atoms with Crippen LogP contribution in [-0.2, 0) is 4.79 Å². The lowest BCUT2D eigenvalue weighted by Crippen LogP contribution is -2.02. The zero-order valence-corrected chi connectivity index (χ0v) is 5.65. The van der Waals surface area contributed by atoms with Gasteiger partial charge in [-0.2, -0.15) is 0 Å². The fourth-order valence-corrected chi connectivity index (χ4v) is 0.745. The highest BCUT2D eigenvalue weighted by Gasteiger charge is 2.31. The molecule has 1 saturated carbocycles. The summed E-state index contributed by atoms with van der Waals surface area (Å²) in [5.41, 5.74) is -0.757. The second kappa shape index (κ2) is 2.69. The van der Waals surface area contributed by atoms with Gasteiger partial charge in [0.15, 0.2) is 0 Å².